The lowest BCUT2D eigenvalue weighted by Gasteiger charge is -2.30. The molecule has 0 radical (unpaired) electrons. The summed E-state index contributed by atoms with van der Waals surface area (Å²) in [4.78, 5) is 49.4. The van der Waals surface area contributed by atoms with Crippen molar-refractivity contribution >= 4 is 23.9 Å². The van der Waals surface area contributed by atoms with E-state index in [1.807, 2.05) is 0 Å². The molecular weight excluding hydrogens is 1110 g/mol. The average Bonchev–Trinajstić information content (AvgIpc) is 1.05. The standard InChI is InChI=1S/C56H110O4.C26H50O4/c1-4-7-10-13-16-19-22-25-28-29-30-32-35-38-41-44-47-50-53-56(55(58)59,52-49-46-43-40-37-34-27-24-21-18-15-12-9-6-3)60-54(57)51-48-45-42-39-36-33-31-26-23-20-17-14-11-8-5-2;1-3-5-7-9-15-19-23-29-25(27)21-17-13-11-12-14-18-22-26(28)30-24-20-16-10-8-6-4-2/h4-53H2,1-3H3,(H,58,59);3-24H2,1-2H3. The van der Waals surface area contributed by atoms with Crippen LogP contribution in [0.4, 0.5) is 0 Å². The summed E-state index contributed by atoms with van der Waals surface area (Å²) in [6.45, 7) is 12.5. The highest BCUT2D eigenvalue weighted by Crippen LogP contribution is 2.30. The van der Waals surface area contributed by atoms with Gasteiger partial charge < -0.3 is 19.3 Å². The Kier molecular flexibility index (Phi) is 77.5. The molecule has 0 aliphatic rings. The highest BCUT2D eigenvalue weighted by Gasteiger charge is 2.41. The van der Waals surface area contributed by atoms with Crippen molar-refractivity contribution in [1.29, 1.82) is 0 Å². The number of carboxylic acids is 1. The van der Waals surface area contributed by atoms with E-state index in [0.717, 1.165) is 109 Å². The van der Waals surface area contributed by atoms with Crippen LogP contribution in [0, 0.1) is 0 Å². The van der Waals surface area contributed by atoms with Crippen LogP contribution in [0.25, 0.3) is 0 Å². The first-order chi connectivity index (χ1) is 44.2. The van der Waals surface area contributed by atoms with E-state index in [1.54, 1.807) is 0 Å². The molecule has 0 aliphatic heterocycles. The fraction of sp³-hybridized carbons (Fsp3) is 0.951. The molecule has 8 heteroatoms. The molecule has 90 heavy (non-hydrogen) atoms. The number of carbonyl (C=O) groups is 4. The summed E-state index contributed by atoms with van der Waals surface area (Å²) in [5, 5.41) is 10.5. The lowest BCUT2D eigenvalue weighted by molar-refractivity contribution is -0.181. The van der Waals surface area contributed by atoms with E-state index in [2.05, 4.69) is 34.6 Å². The van der Waals surface area contributed by atoms with Crippen molar-refractivity contribution in [2.75, 3.05) is 13.2 Å². The van der Waals surface area contributed by atoms with Crippen LogP contribution < -0.4 is 0 Å². The van der Waals surface area contributed by atoms with Gasteiger partial charge in [0.05, 0.1) is 13.2 Å². The van der Waals surface area contributed by atoms with E-state index >= 15 is 0 Å². The van der Waals surface area contributed by atoms with Crippen molar-refractivity contribution in [3.05, 3.63) is 0 Å². The van der Waals surface area contributed by atoms with Gasteiger partial charge in [-0.05, 0) is 57.8 Å². The van der Waals surface area contributed by atoms with E-state index in [1.165, 1.54) is 308 Å². The topological polar surface area (TPSA) is 116 Å². The van der Waals surface area contributed by atoms with E-state index < -0.39 is 11.6 Å². The van der Waals surface area contributed by atoms with Crippen molar-refractivity contribution in [3.63, 3.8) is 0 Å². The van der Waals surface area contributed by atoms with E-state index in [4.69, 9.17) is 14.2 Å². The average molecular weight is 1270 g/mol. The predicted molar refractivity (Wildman–Crippen MR) is 390 cm³/mol. The Hall–Kier alpha value is -2.12. The zero-order chi connectivity index (χ0) is 65.8. The zero-order valence-electron chi connectivity index (χ0n) is 61.7. The number of ether oxygens (including phenoxy) is 3. The van der Waals surface area contributed by atoms with Gasteiger partial charge in [0.1, 0.15) is 0 Å². The number of aliphatic carboxylic acids is 1. The maximum absolute atomic E-state index is 13.2. The van der Waals surface area contributed by atoms with Gasteiger partial charge in [0, 0.05) is 19.3 Å². The normalized spacial score (nSPS) is 12.0. The first kappa shape index (κ1) is 89.9. The largest absolute Gasteiger partial charge is 0.478 e. The van der Waals surface area contributed by atoms with Gasteiger partial charge in [-0.1, -0.05) is 407 Å². The Morgan fingerprint density at radius 1 is 0.222 bits per heavy atom. The fourth-order valence-corrected chi connectivity index (χ4v) is 12.8. The maximum atomic E-state index is 13.2. The monoisotopic (exact) mass is 1270 g/mol. The SMILES string of the molecule is CCCCCCCCCCCCCCCCCCCCC(CCCCCCCCCCCCCCCC)(OC(=O)CCCCCCCCCCCCCCCCC)C(=O)O.CCCCCCCCOC(=O)CCCCCCCCC(=O)OCCCCCCCC. The van der Waals surface area contributed by atoms with Gasteiger partial charge in [-0.15, -0.1) is 0 Å². The summed E-state index contributed by atoms with van der Waals surface area (Å²) >= 11 is 0. The van der Waals surface area contributed by atoms with E-state index in [-0.39, 0.29) is 17.9 Å². The highest BCUT2D eigenvalue weighted by molar-refractivity contribution is 5.82. The van der Waals surface area contributed by atoms with Crippen LogP contribution in [-0.2, 0) is 33.4 Å². The molecule has 1 unspecified atom stereocenters. The Morgan fingerprint density at radius 3 is 0.589 bits per heavy atom. The quantitative estimate of drug-likeness (QED) is 0.0364. The van der Waals surface area contributed by atoms with Crippen molar-refractivity contribution in [2.24, 2.45) is 0 Å². The molecule has 0 heterocycles. The van der Waals surface area contributed by atoms with Crippen LogP contribution in [0.1, 0.15) is 484 Å². The summed E-state index contributed by atoms with van der Waals surface area (Å²) in [7, 11) is 0. The van der Waals surface area contributed by atoms with Crippen LogP contribution >= 0.6 is 0 Å². The number of unbranched alkanes of at least 4 members (excludes halogenated alkanes) is 59. The van der Waals surface area contributed by atoms with Gasteiger partial charge in [-0.25, -0.2) is 4.79 Å². The summed E-state index contributed by atoms with van der Waals surface area (Å²) in [6.07, 6.45) is 84.0. The molecule has 0 spiro atoms. The zero-order valence-corrected chi connectivity index (χ0v) is 61.7. The number of rotatable bonds is 75. The number of carbonyl (C=O) groups excluding carboxylic acids is 3. The second-order valence-electron chi connectivity index (χ2n) is 28.2. The third-order valence-corrected chi connectivity index (χ3v) is 19.1. The number of hydrogen-bond donors (Lipinski definition) is 1. The number of hydrogen-bond acceptors (Lipinski definition) is 7. The first-order valence-electron chi connectivity index (χ1n) is 41.0. The lowest BCUT2D eigenvalue weighted by atomic mass is 9.89. The summed E-state index contributed by atoms with van der Waals surface area (Å²) in [5.74, 6) is -1.30. The molecule has 0 rings (SSSR count). The van der Waals surface area contributed by atoms with Crippen LogP contribution in [-0.4, -0.2) is 47.8 Å². The molecule has 0 amide bonds. The number of esters is 3. The van der Waals surface area contributed by atoms with Crippen molar-refractivity contribution in [2.45, 2.75) is 490 Å². The molecule has 536 valence electrons. The molecule has 0 saturated heterocycles. The molecule has 0 aliphatic carbocycles. The molecule has 0 aromatic rings. The van der Waals surface area contributed by atoms with Crippen LogP contribution in [0.2, 0.25) is 0 Å². The molecule has 0 bridgehead atoms. The second kappa shape index (κ2) is 77.6. The van der Waals surface area contributed by atoms with Gasteiger partial charge in [0.25, 0.3) is 0 Å². The van der Waals surface area contributed by atoms with Crippen molar-refractivity contribution < 1.29 is 38.5 Å². The Labute approximate surface area is 562 Å². The Bertz CT molecular complexity index is 1400. The minimum atomic E-state index is -1.35. The van der Waals surface area contributed by atoms with Crippen LogP contribution in [0.3, 0.4) is 0 Å². The second-order valence-corrected chi connectivity index (χ2v) is 28.2. The molecule has 0 aromatic heterocycles. The molecule has 1 atom stereocenters. The van der Waals surface area contributed by atoms with Gasteiger partial charge in [-0.2, -0.15) is 0 Å². The third kappa shape index (κ3) is 71.7. The van der Waals surface area contributed by atoms with Gasteiger partial charge in [0.2, 0.25) is 5.60 Å². The Morgan fingerprint density at radius 2 is 0.389 bits per heavy atom. The summed E-state index contributed by atoms with van der Waals surface area (Å²) in [5.41, 5.74) is -1.35. The van der Waals surface area contributed by atoms with Gasteiger partial charge >= 0.3 is 23.9 Å². The predicted octanol–water partition coefficient (Wildman–Crippen LogP) is 27.8. The number of carboxylic acid groups (broad SMARTS) is 1. The van der Waals surface area contributed by atoms with Crippen LogP contribution in [0.5, 0.6) is 0 Å². The van der Waals surface area contributed by atoms with E-state index in [9.17, 15) is 24.3 Å². The smallest absolute Gasteiger partial charge is 0.348 e. The molecule has 8 nitrogen and oxygen atoms in total. The minimum absolute atomic E-state index is 0.0448. The molecule has 0 fully saturated rings. The van der Waals surface area contributed by atoms with Crippen molar-refractivity contribution in [3.8, 4) is 0 Å². The third-order valence-electron chi connectivity index (χ3n) is 19.1. The summed E-state index contributed by atoms with van der Waals surface area (Å²) < 4.78 is 16.6. The lowest BCUT2D eigenvalue weighted by Crippen LogP contribution is -2.43. The summed E-state index contributed by atoms with van der Waals surface area (Å²) in [6, 6.07) is 0. The van der Waals surface area contributed by atoms with E-state index in [0.29, 0.717) is 45.3 Å². The molecule has 1 N–H and O–H groups in total. The van der Waals surface area contributed by atoms with Crippen LogP contribution in [0.15, 0.2) is 0 Å². The first-order valence-corrected chi connectivity index (χ1v) is 41.0. The molecular formula is C82H160O8. The Balaban J connectivity index is 0. The van der Waals surface area contributed by atoms with Crippen molar-refractivity contribution in [1.82, 2.24) is 0 Å². The maximum Gasteiger partial charge on any atom is 0.348 e. The fourth-order valence-electron chi connectivity index (χ4n) is 12.8. The highest BCUT2D eigenvalue weighted by atomic mass is 16.6. The molecule has 0 aromatic carbocycles. The minimum Gasteiger partial charge on any atom is -0.478 e. The van der Waals surface area contributed by atoms with Gasteiger partial charge in [-0.3, -0.25) is 14.4 Å². The molecule has 0 saturated carbocycles. The van der Waals surface area contributed by atoms with Gasteiger partial charge in [0.15, 0.2) is 0 Å².